The van der Waals surface area contributed by atoms with Crippen molar-refractivity contribution in [3.63, 3.8) is 0 Å². The Morgan fingerprint density at radius 1 is 1.33 bits per heavy atom. The third-order valence-corrected chi connectivity index (χ3v) is 5.85. The van der Waals surface area contributed by atoms with Crippen LogP contribution < -0.4 is 10.5 Å². The van der Waals surface area contributed by atoms with E-state index in [-0.39, 0.29) is 16.7 Å². The molecule has 0 saturated heterocycles. The molecule has 1 aromatic carbocycles. The number of nitrogens with two attached hydrogens (primary N) is 1. The van der Waals surface area contributed by atoms with Crippen molar-refractivity contribution >= 4 is 48.8 Å². The van der Waals surface area contributed by atoms with E-state index in [9.17, 15) is 8.42 Å². The van der Waals surface area contributed by atoms with Crippen LogP contribution in [0.5, 0.6) is 0 Å². The van der Waals surface area contributed by atoms with Crippen LogP contribution in [0.2, 0.25) is 0 Å². The van der Waals surface area contributed by atoms with E-state index < -0.39 is 10.0 Å². The van der Waals surface area contributed by atoms with Gasteiger partial charge in [-0.2, -0.15) is 0 Å². The van der Waals surface area contributed by atoms with Crippen LogP contribution in [0.4, 0.5) is 5.69 Å². The molecule has 2 rings (SSSR count). The average molecular weight is 391 g/mol. The smallest absolute Gasteiger partial charge is 0.233 e. The molecule has 0 heterocycles. The number of hydrogen-bond donors (Lipinski definition) is 2. The number of rotatable bonds is 5. The molecule has 1 aromatic rings. The second-order valence-corrected chi connectivity index (χ2v) is 8.56. The molecule has 1 saturated carbocycles. The van der Waals surface area contributed by atoms with E-state index in [2.05, 4.69) is 20.7 Å². The Hall–Kier alpha value is -0.660. The van der Waals surface area contributed by atoms with Gasteiger partial charge in [0.15, 0.2) is 0 Å². The lowest BCUT2D eigenvalue weighted by Crippen LogP contribution is -2.25. The Labute approximate surface area is 139 Å². The Balaban J connectivity index is 2.15. The molecule has 1 fully saturated rings. The van der Waals surface area contributed by atoms with Gasteiger partial charge >= 0.3 is 0 Å². The second kappa shape index (κ2) is 7.07. The van der Waals surface area contributed by atoms with Gasteiger partial charge in [-0.3, -0.25) is 4.72 Å². The maximum absolute atomic E-state index is 12.3. The summed E-state index contributed by atoms with van der Waals surface area (Å²) in [4.78, 5) is 0.179. The molecule has 3 N–H and O–H groups in total. The van der Waals surface area contributed by atoms with Crippen molar-refractivity contribution in [3.05, 3.63) is 28.2 Å². The zero-order valence-corrected chi connectivity index (χ0v) is 14.9. The number of nitrogens with one attached hydrogen (secondary N) is 1. The predicted octanol–water partition coefficient (Wildman–Crippen LogP) is 3.41. The highest BCUT2D eigenvalue weighted by molar-refractivity contribution is 9.10. The zero-order valence-electron chi connectivity index (χ0n) is 11.6. The predicted molar refractivity (Wildman–Crippen MR) is 94.0 cm³/mol. The number of halogens is 1. The quantitative estimate of drug-likeness (QED) is 0.755. The molecule has 0 amide bonds. The van der Waals surface area contributed by atoms with Crippen LogP contribution in [0.15, 0.2) is 22.7 Å². The molecule has 0 radical (unpaired) electrons. The zero-order chi connectivity index (χ0) is 15.5. The molecule has 0 spiro atoms. The molecule has 0 aliphatic heterocycles. The van der Waals surface area contributed by atoms with E-state index in [1.807, 2.05) is 0 Å². The number of thiocarbonyl (C=S) groups is 1. The number of benzene rings is 1. The van der Waals surface area contributed by atoms with E-state index >= 15 is 0 Å². The van der Waals surface area contributed by atoms with Crippen molar-refractivity contribution in [2.75, 3.05) is 10.5 Å². The highest BCUT2D eigenvalue weighted by atomic mass is 79.9. The van der Waals surface area contributed by atoms with Crippen LogP contribution >= 0.6 is 28.1 Å². The molecule has 4 nitrogen and oxygen atoms in total. The minimum Gasteiger partial charge on any atom is -0.389 e. The molecule has 0 bridgehead atoms. The first kappa shape index (κ1) is 16.7. The van der Waals surface area contributed by atoms with Crippen molar-refractivity contribution in [3.8, 4) is 0 Å². The van der Waals surface area contributed by atoms with Crippen LogP contribution in [0.1, 0.15) is 37.7 Å². The van der Waals surface area contributed by atoms with Crippen molar-refractivity contribution in [1.29, 1.82) is 0 Å². The lowest BCUT2D eigenvalue weighted by molar-refractivity contribution is 0.385. The van der Waals surface area contributed by atoms with Crippen molar-refractivity contribution < 1.29 is 8.42 Å². The fraction of sp³-hybridized carbons (Fsp3) is 0.500. The Morgan fingerprint density at radius 2 is 2.00 bits per heavy atom. The average Bonchev–Trinajstić information content (AvgIpc) is 2.38. The van der Waals surface area contributed by atoms with Gasteiger partial charge in [0, 0.05) is 10.0 Å². The third-order valence-electron chi connectivity index (χ3n) is 3.69. The first-order valence-corrected chi connectivity index (χ1v) is 9.82. The summed E-state index contributed by atoms with van der Waals surface area (Å²) in [5.41, 5.74) is 6.63. The summed E-state index contributed by atoms with van der Waals surface area (Å²) in [6.45, 7) is 0. The molecular formula is C14H19BrN2O2S2. The van der Waals surface area contributed by atoms with Crippen molar-refractivity contribution in [1.82, 2.24) is 0 Å². The summed E-state index contributed by atoms with van der Waals surface area (Å²) < 4.78 is 28.1. The van der Waals surface area contributed by atoms with E-state index in [4.69, 9.17) is 18.0 Å². The summed E-state index contributed by atoms with van der Waals surface area (Å²) in [7, 11) is -3.39. The number of hydrogen-bond acceptors (Lipinski definition) is 3. The van der Waals surface area contributed by atoms with Crippen LogP contribution in [0, 0.1) is 5.92 Å². The first-order chi connectivity index (χ1) is 9.87. The summed E-state index contributed by atoms with van der Waals surface area (Å²) >= 11 is 8.30. The maximum atomic E-state index is 12.3. The van der Waals surface area contributed by atoms with E-state index in [0.29, 0.717) is 11.3 Å². The summed E-state index contributed by atoms with van der Waals surface area (Å²) in [5, 5.41) is 0. The fourth-order valence-corrected chi connectivity index (χ4v) is 4.77. The summed E-state index contributed by atoms with van der Waals surface area (Å²) in [5.74, 6) is 0.410. The Morgan fingerprint density at radius 3 is 2.62 bits per heavy atom. The topological polar surface area (TPSA) is 72.2 Å². The van der Waals surface area contributed by atoms with Gasteiger partial charge in [-0.1, -0.05) is 47.4 Å². The van der Waals surface area contributed by atoms with Gasteiger partial charge in [0.2, 0.25) is 10.0 Å². The van der Waals surface area contributed by atoms with Crippen LogP contribution in [0.3, 0.4) is 0 Å². The number of sulfonamides is 1. The lowest BCUT2D eigenvalue weighted by atomic mass is 9.91. The monoisotopic (exact) mass is 390 g/mol. The highest BCUT2D eigenvalue weighted by Crippen LogP contribution is 2.27. The van der Waals surface area contributed by atoms with Crippen LogP contribution in [0.25, 0.3) is 0 Å². The van der Waals surface area contributed by atoms with Gasteiger partial charge in [0.25, 0.3) is 0 Å². The fourth-order valence-electron chi connectivity index (χ4n) is 2.69. The molecule has 1 aliphatic rings. The Bertz CT molecular complexity index is 626. The van der Waals surface area contributed by atoms with E-state index in [0.717, 1.165) is 30.2 Å². The minimum atomic E-state index is -3.39. The van der Waals surface area contributed by atoms with Gasteiger partial charge < -0.3 is 5.73 Å². The molecule has 0 aromatic heterocycles. The normalized spacial score (nSPS) is 16.6. The number of anilines is 1. The molecular weight excluding hydrogens is 372 g/mol. The van der Waals surface area contributed by atoms with E-state index in [1.54, 1.807) is 18.2 Å². The lowest BCUT2D eigenvalue weighted by Gasteiger charge is -2.22. The first-order valence-electron chi connectivity index (χ1n) is 6.97. The maximum Gasteiger partial charge on any atom is 0.233 e. The summed E-state index contributed by atoms with van der Waals surface area (Å²) in [6.07, 6.45) is 5.43. The largest absolute Gasteiger partial charge is 0.389 e. The SMILES string of the molecule is NC(=S)c1ccc(Br)cc1NS(=O)(=O)CC1CCCCC1. The summed E-state index contributed by atoms with van der Waals surface area (Å²) in [6, 6.07) is 5.19. The van der Waals surface area contributed by atoms with Gasteiger partial charge in [-0.25, -0.2) is 8.42 Å². The molecule has 116 valence electrons. The molecule has 1 aliphatic carbocycles. The van der Waals surface area contributed by atoms with Gasteiger partial charge in [0.05, 0.1) is 11.4 Å². The van der Waals surface area contributed by atoms with Crippen molar-refractivity contribution in [2.24, 2.45) is 11.7 Å². The Kier molecular flexibility index (Phi) is 5.62. The van der Waals surface area contributed by atoms with Crippen molar-refractivity contribution in [2.45, 2.75) is 32.1 Å². The van der Waals surface area contributed by atoms with Gasteiger partial charge in [-0.15, -0.1) is 0 Å². The molecule has 0 atom stereocenters. The highest BCUT2D eigenvalue weighted by Gasteiger charge is 2.22. The second-order valence-electron chi connectivity index (χ2n) is 5.44. The third kappa shape index (κ3) is 4.93. The molecule has 0 unspecified atom stereocenters. The molecule has 21 heavy (non-hydrogen) atoms. The standard InChI is InChI=1S/C14H19BrN2O2S2/c15-11-6-7-12(14(16)20)13(8-11)17-21(18,19)9-10-4-2-1-3-5-10/h6-8,10,17H,1-5,9H2,(H2,16,20). The van der Waals surface area contributed by atoms with Gasteiger partial charge in [0.1, 0.15) is 4.99 Å². The van der Waals surface area contributed by atoms with Crippen LogP contribution in [-0.2, 0) is 10.0 Å². The van der Waals surface area contributed by atoms with E-state index in [1.165, 1.54) is 6.42 Å². The minimum absolute atomic E-state index is 0.163. The van der Waals surface area contributed by atoms with Crippen LogP contribution in [-0.4, -0.2) is 19.2 Å². The molecule has 7 heteroatoms. The van der Waals surface area contributed by atoms with Gasteiger partial charge in [-0.05, 0) is 37.0 Å².